The summed E-state index contributed by atoms with van der Waals surface area (Å²) in [5.41, 5.74) is 4.67. The third-order valence-electron chi connectivity index (χ3n) is 4.63. The molecule has 5 nitrogen and oxygen atoms in total. The van der Waals surface area contributed by atoms with Crippen molar-refractivity contribution in [2.75, 3.05) is 36.3 Å². The van der Waals surface area contributed by atoms with Gasteiger partial charge in [-0.15, -0.1) is 11.8 Å². The maximum Gasteiger partial charge on any atom is 0.272 e. The van der Waals surface area contributed by atoms with E-state index in [1.54, 1.807) is 6.07 Å². The van der Waals surface area contributed by atoms with Crippen molar-refractivity contribution in [1.82, 2.24) is 0 Å². The summed E-state index contributed by atoms with van der Waals surface area (Å²) in [7, 11) is 3.82. The molecule has 0 saturated heterocycles. The lowest BCUT2D eigenvalue weighted by Crippen LogP contribution is -2.31. The van der Waals surface area contributed by atoms with Gasteiger partial charge in [-0.3, -0.25) is 9.59 Å². The van der Waals surface area contributed by atoms with Crippen molar-refractivity contribution in [2.24, 2.45) is 0 Å². The molecule has 0 bridgehead atoms. The number of aliphatic hydroxyl groups is 1. The molecule has 0 aromatic heterocycles. The molecule has 0 radical (unpaired) electrons. The van der Waals surface area contributed by atoms with E-state index in [1.807, 2.05) is 69.2 Å². The fraction of sp³-hybridized carbons (Fsp3) is 0.273. The minimum absolute atomic E-state index is 0.0636. The Bertz CT molecular complexity index is 966. The van der Waals surface area contributed by atoms with Crippen LogP contribution in [0.4, 0.5) is 11.4 Å². The van der Waals surface area contributed by atoms with Gasteiger partial charge in [-0.25, -0.2) is 4.90 Å². The molecule has 146 valence electrons. The Labute approximate surface area is 169 Å². The summed E-state index contributed by atoms with van der Waals surface area (Å²) in [5, 5.41) is 9.25. The zero-order valence-corrected chi connectivity index (χ0v) is 17.3. The van der Waals surface area contributed by atoms with Gasteiger partial charge in [0.05, 0.1) is 22.8 Å². The van der Waals surface area contributed by atoms with E-state index in [1.165, 1.54) is 16.7 Å². The summed E-state index contributed by atoms with van der Waals surface area (Å²) in [6.45, 7) is 3.87. The summed E-state index contributed by atoms with van der Waals surface area (Å²) < 4.78 is 0. The van der Waals surface area contributed by atoms with E-state index >= 15 is 0 Å². The average Bonchev–Trinajstić information content (AvgIpc) is 2.90. The molecule has 1 heterocycles. The first-order valence-electron chi connectivity index (χ1n) is 9.07. The van der Waals surface area contributed by atoms with Crippen LogP contribution in [0.5, 0.6) is 0 Å². The molecule has 2 amide bonds. The fourth-order valence-electron chi connectivity index (χ4n) is 3.27. The number of thioether (sulfide) groups is 1. The first-order valence-corrected chi connectivity index (χ1v) is 10.1. The molecule has 0 spiro atoms. The van der Waals surface area contributed by atoms with E-state index in [4.69, 9.17) is 0 Å². The van der Waals surface area contributed by atoms with Crippen LogP contribution in [0.3, 0.4) is 0 Å². The van der Waals surface area contributed by atoms with Gasteiger partial charge in [-0.1, -0.05) is 29.8 Å². The average molecular weight is 397 g/mol. The number of amides is 2. The third-order valence-corrected chi connectivity index (χ3v) is 5.69. The quantitative estimate of drug-likeness (QED) is 0.759. The third kappa shape index (κ3) is 3.70. The summed E-state index contributed by atoms with van der Waals surface area (Å²) in [6.07, 6.45) is 0. The van der Waals surface area contributed by atoms with E-state index in [9.17, 15) is 14.7 Å². The number of aliphatic hydroxyl groups excluding tert-OH is 1. The summed E-state index contributed by atoms with van der Waals surface area (Å²) in [6, 6.07) is 13.2. The van der Waals surface area contributed by atoms with Gasteiger partial charge >= 0.3 is 0 Å². The molecule has 1 aliphatic heterocycles. The molecule has 0 unspecified atom stereocenters. The van der Waals surface area contributed by atoms with Crippen LogP contribution in [0.25, 0.3) is 5.57 Å². The van der Waals surface area contributed by atoms with E-state index in [-0.39, 0.29) is 18.4 Å². The van der Waals surface area contributed by atoms with E-state index < -0.39 is 0 Å². The second-order valence-corrected chi connectivity index (χ2v) is 8.06. The van der Waals surface area contributed by atoms with Crippen molar-refractivity contribution in [3.63, 3.8) is 0 Å². The highest BCUT2D eigenvalue weighted by Gasteiger charge is 2.40. The van der Waals surface area contributed by atoms with Crippen molar-refractivity contribution in [3.05, 3.63) is 64.1 Å². The number of anilines is 2. The lowest BCUT2D eigenvalue weighted by atomic mass is 9.99. The molecule has 0 atom stereocenters. The second-order valence-electron chi connectivity index (χ2n) is 6.95. The lowest BCUT2D eigenvalue weighted by molar-refractivity contribution is -0.119. The highest BCUT2D eigenvalue weighted by molar-refractivity contribution is 8.04. The van der Waals surface area contributed by atoms with Gasteiger partial charge in [-0.2, -0.15) is 0 Å². The van der Waals surface area contributed by atoms with E-state index in [2.05, 4.69) is 0 Å². The Kier molecular flexibility index (Phi) is 5.91. The largest absolute Gasteiger partial charge is 0.396 e. The Hall–Kier alpha value is -2.57. The number of aryl methyl sites for hydroxylation is 2. The molecule has 0 fully saturated rings. The minimum atomic E-state index is -0.339. The summed E-state index contributed by atoms with van der Waals surface area (Å²) in [5.74, 6) is -0.309. The van der Waals surface area contributed by atoms with Crippen LogP contribution in [-0.2, 0) is 9.59 Å². The Morgan fingerprint density at radius 3 is 2.43 bits per heavy atom. The van der Waals surface area contributed by atoms with Crippen LogP contribution >= 0.6 is 11.8 Å². The molecule has 1 N–H and O–H groups in total. The van der Waals surface area contributed by atoms with E-state index in [0.29, 0.717) is 21.9 Å². The molecule has 3 rings (SSSR count). The van der Waals surface area contributed by atoms with Crippen molar-refractivity contribution in [2.45, 2.75) is 13.8 Å². The predicted octanol–water partition coefficient (Wildman–Crippen LogP) is 3.38. The molecule has 0 saturated carbocycles. The lowest BCUT2D eigenvalue weighted by Gasteiger charge is -2.19. The standard InChI is InChI=1S/C22H24N2O3S/c1-14-8-9-18(15(2)12-14)19-20(28-11-10-25)22(27)24(21(19)26)17-7-5-6-16(13-17)23(3)4/h5-9,12-13,25H,10-11H2,1-4H3. The maximum absolute atomic E-state index is 13.4. The molecule has 0 aliphatic carbocycles. The van der Waals surface area contributed by atoms with Gasteiger partial charge in [0.25, 0.3) is 11.8 Å². The first-order chi connectivity index (χ1) is 13.3. The maximum atomic E-state index is 13.4. The Morgan fingerprint density at radius 2 is 1.79 bits per heavy atom. The van der Waals surface area contributed by atoms with Crippen molar-refractivity contribution >= 4 is 40.5 Å². The van der Waals surface area contributed by atoms with Crippen LogP contribution < -0.4 is 9.80 Å². The minimum Gasteiger partial charge on any atom is -0.396 e. The predicted molar refractivity (Wildman–Crippen MR) is 116 cm³/mol. The fourth-order valence-corrected chi connectivity index (χ4v) is 4.12. The smallest absolute Gasteiger partial charge is 0.272 e. The van der Waals surface area contributed by atoms with Gasteiger partial charge < -0.3 is 10.0 Å². The van der Waals surface area contributed by atoms with Crippen LogP contribution in [0, 0.1) is 13.8 Å². The zero-order valence-electron chi connectivity index (χ0n) is 16.5. The van der Waals surface area contributed by atoms with E-state index in [0.717, 1.165) is 22.4 Å². The van der Waals surface area contributed by atoms with Gasteiger partial charge in [0.1, 0.15) is 0 Å². The molecule has 2 aromatic carbocycles. The van der Waals surface area contributed by atoms with Crippen molar-refractivity contribution in [3.8, 4) is 0 Å². The van der Waals surface area contributed by atoms with Gasteiger partial charge in [0.15, 0.2) is 0 Å². The first kappa shape index (κ1) is 20.2. The van der Waals surface area contributed by atoms with Crippen LogP contribution in [0.15, 0.2) is 47.4 Å². The number of imide groups is 1. The summed E-state index contributed by atoms with van der Waals surface area (Å²) >= 11 is 1.23. The Balaban J connectivity index is 2.11. The normalized spacial score (nSPS) is 14.2. The number of hydrogen-bond donors (Lipinski definition) is 1. The van der Waals surface area contributed by atoms with Crippen LogP contribution in [0.1, 0.15) is 16.7 Å². The Morgan fingerprint density at radius 1 is 1.04 bits per heavy atom. The monoisotopic (exact) mass is 396 g/mol. The van der Waals surface area contributed by atoms with Gasteiger partial charge in [-0.05, 0) is 43.2 Å². The molecule has 28 heavy (non-hydrogen) atoms. The summed E-state index contributed by atoms with van der Waals surface area (Å²) in [4.78, 5) is 30.1. The zero-order chi connectivity index (χ0) is 20.4. The number of carbonyl (C=O) groups is 2. The molecule has 6 heteroatoms. The molecule has 1 aliphatic rings. The molecular weight excluding hydrogens is 372 g/mol. The molecule has 2 aromatic rings. The number of carbonyl (C=O) groups excluding carboxylic acids is 2. The highest BCUT2D eigenvalue weighted by Crippen LogP contribution is 2.40. The van der Waals surface area contributed by atoms with Crippen LogP contribution in [0.2, 0.25) is 0 Å². The second kappa shape index (κ2) is 8.20. The topological polar surface area (TPSA) is 60.9 Å². The number of hydrogen-bond acceptors (Lipinski definition) is 5. The number of nitrogens with zero attached hydrogens (tertiary/aromatic N) is 2. The number of rotatable bonds is 6. The van der Waals surface area contributed by atoms with Crippen molar-refractivity contribution in [1.29, 1.82) is 0 Å². The van der Waals surface area contributed by atoms with Gasteiger partial charge in [0, 0.05) is 25.5 Å². The van der Waals surface area contributed by atoms with Crippen LogP contribution in [-0.4, -0.2) is 43.4 Å². The highest BCUT2D eigenvalue weighted by atomic mass is 32.2. The van der Waals surface area contributed by atoms with Gasteiger partial charge in [0.2, 0.25) is 0 Å². The SMILES string of the molecule is Cc1ccc(C2=C(SCCO)C(=O)N(c3cccc(N(C)C)c3)C2=O)c(C)c1. The molecular formula is C22H24N2O3S. The van der Waals surface area contributed by atoms with Crippen molar-refractivity contribution < 1.29 is 14.7 Å². The number of benzene rings is 2.